The zero-order valence-corrected chi connectivity index (χ0v) is 15.1. The van der Waals surface area contributed by atoms with Crippen LogP contribution in [-0.4, -0.2) is 56.2 Å². The Kier molecular flexibility index (Phi) is 6.31. The van der Waals surface area contributed by atoms with Gasteiger partial charge in [-0.3, -0.25) is 4.99 Å². The maximum Gasteiger partial charge on any atom is 0.281 e. The fourth-order valence-corrected chi connectivity index (χ4v) is 3.97. The third-order valence-corrected chi connectivity index (χ3v) is 5.99. The minimum absolute atomic E-state index is 0.0997. The van der Waals surface area contributed by atoms with Crippen molar-refractivity contribution in [2.24, 2.45) is 10.7 Å². The molecule has 0 bridgehead atoms. The van der Waals surface area contributed by atoms with Gasteiger partial charge in [-0.15, -0.1) is 0 Å². The van der Waals surface area contributed by atoms with Gasteiger partial charge >= 0.3 is 0 Å². The lowest BCUT2D eigenvalue weighted by Gasteiger charge is -2.35. The van der Waals surface area contributed by atoms with Crippen molar-refractivity contribution in [2.75, 3.05) is 32.5 Å². The van der Waals surface area contributed by atoms with Crippen LogP contribution in [0.5, 0.6) is 0 Å². The molecule has 0 spiro atoms. The largest absolute Gasteiger partial charge is 0.370 e. The lowest BCUT2D eigenvalue weighted by Crippen LogP contribution is -2.50. The van der Waals surface area contributed by atoms with E-state index in [2.05, 4.69) is 10.3 Å². The summed E-state index contributed by atoms with van der Waals surface area (Å²) in [5.41, 5.74) is 5.61. The van der Waals surface area contributed by atoms with Gasteiger partial charge in [0.2, 0.25) is 0 Å². The predicted octanol–water partition coefficient (Wildman–Crippen LogP) is 1.35. The van der Waals surface area contributed by atoms with Crippen molar-refractivity contribution < 1.29 is 17.2 Å². The van der Waals surface area contributed by atoms with Gasteiger partial charge in [0.25, 0.3) is 10.2 Å². The number of guanidine groups is 1. The van der Waals surface area contributed by atoms with Crippen LogP contribution in [0.2, 0.25) is 0 Å². The van der Waals surface area contributed by atoms with Gasteiger partial charge in [-0.25, -0.2) is 8.78 Å². The summed E-state index contributed by atoms with van der Waals surface area (Å²) in [5.74, 6) is -1.36. The van der Waals surface area contributed by atoms with Crippen LogP contribution in [0.25, 0.3) is 0 Å². The van der Waals surface area contributed by atoms with E-state index in [-0.39, 0.29) is 24.2 Å². The van der Waals surface area contributed by atoms with E-state index in [4.69, 9.17) is 5.73 Å². The molecule has 1 unspecified atom stereocenters. The number of anilines is 1. The molecule has 3 N–H and O–H groups in total. The number of nitrogens with zero attached hydrogens (tertiary/aromatic N) is 3. The maximum absolute atomic E-state index is 13.6. The van der Waals surface area contributed by atoms with Crippen molar-refractivity contribution >= 4 is 21.9 Å². The van der Waals surface area contributed by atoms with Crippen molar-refractivity contribution in [2.45, 2.75) is 25.3 Å². The second-order valence-electron chi connectivity index (χ2n) is 6.03. The van der Waals surface area contributed by atoms with Crippen molar-refractivity contribution in [3.63, 3.8) is 0 Å². The average molecular weight is 375 g/mol. The Labute approximate surface area is 146 Å². The van der Waals surface area contributed by atoms with Gasteiger partial charge in [0.1, 0.15) is 11.6 Å². The van der Waals surface area contributed by atoms with Gasteiger partial charge in [-0.05, 0) is 25.0 Å². The summed E-state index contributed by atoms with van der Waals surface area (Å²) in [4.78, 5) is 4.11. The van der Waals surface area contributed by atoms with Gasteiger partial charge in [0.15, 0.2) is 5.96 Å². The Hall–Kier alpha value is -1.78. The van der Waals surface area contributed by atoms with E-state index >= 15 is 0 Å². The van der Waals surface area contributed by atoms with Crippen LogP contribution >= 0.6 is 0 Å². The molecule has 10 heteroatoms. The minimum Gasteiger partial charge on any atom is -0.370 e. The Balaban J connectivity index is 2.08. The van der Waals surface area contributed by atoms with Crippen LogP contribution in [0.1, 0.15) is 19.3 Å². The molecule has 1 aromatic rings. The van der Waals surface area contributed by atoms with Gasteiger partial charge < -0.3 is 11.1 Å². The van der Waals surface area contributed by atoms with Crippen LogP contribution in [-0.2, 0) is 10.2 Å². The van der Waals surface area contributed by atoms with Crippen LogP contribution in [0.4, 0.5) is 14.5 Å². The summed E-state index contributed by atoms with van der Waals surface area (Å²) < 4.78 is 54.1. The number of aliphatic imine (C=N–C) groups is 1. The number of piperidine rings is 1. The summed E-state index contributed by atoms with van der Waals surface area (Å²) in [7, 11) is -0.583. The Morgan fingerprint density at radius 2 is 2.12 bits per heavy atom. The molecule has 0 amide bonds. The van der Waals surface area contributed by atoms with Crippen molar-refractivity contribution in [3.05, 3.63) is 29.8 Å². The highest BCUT2D eigenvalue weighted by Gasteiger charge is 2.33. The zero-order valence-electron chi connectivity index (χ0n) is 14.2. The molecule has 1 atom stereocenters. The van der Waals surface area contributed by atoms with E-state index < -0.39 is 21.8 Å². The second-order valence-corrected chi connectivity index (χ2v) is 8.12. The Morgan fingerprint density at radius 1 is 1.40 bits per heavy atom. The molecule has 0 saturated carbocycles. The number of benzene rings is 1. The molecule has 1 heterocycles. The molecule has 7 nitrogen and oxygen atoms in total. The lowest BCUT2D eigenvalue weighted by molar-refractivity contribution is 0.245. The molecule has 1 aliphatic rings. The van der Waals surface area contributed by atoms with Crippen LogP contribution in [0.15, 0.2) is 23.2 Å². The average Bonchev–Trinajstić information content (AvgIpc) is 2.56. The van der Waals surface area contributed by atoms with Gasteiger partial charge in [-0.2, -0.15) is 17.0 Å². The summed E-state index contributed by atoms with van der Waals surface area (Å²) in [6.07, 6.45) is 2.35. The van der Waals surface area contributed by atoms with Crippen LogP contribution in [0, 0.1) is 11.6 Å². The number of halogens is 2. The Bertz CT molecular complexity index is 739. The molecule has 1 aliphatic heterocycles. The Morgan fingerprint density at radius 3 is 2.80 bits per heavy atom. The third-order valence-electron chi connectivity index (χ3n) is 3.99. The van der Waals surface area contributed by atoms with Crippen LogP contribution in [0.3, 0.4) is 0 Å². The minimum atomic E-state index is -3.54. The number of nitrogens with two attached hydrogens (primary N) is 1. The van der Waals surface area contributed by atoms with E-state index in [1.165, 1.54) is 22.7 Å². The molecule has 1 saturated heterocycles. The van der Waals surface area contributed by atoms with E-state index in [1.807, 2.05) is 0 Å². The zero-order chi connectivity index (χ0) is 18.6. The highest BCUT2D eigenvalue weighted by Crippen LogP contribution is 2.22. The summed E-state index contributed by atoms with van der Waals surface area (Å²) in [5, 5.41) is 2.50. The highest BCUT2D eigenvalue weighted by atomic mass is 32.2. The molecule has 140 valence electrons. The quantitative estimate of drug-likeness (QED) is 0.600. The smallest absolute Gasteiger partial charge is 0.281 e. The first kappa shape index (κ1) is 19.5. The van der Waals surface area contributed by atoms with Crippen molar-refractivity contribution in [1.29, 1.82) is 0 Å². The summed E-state index contributed by atoms with van der Waals surface area (Å²) in [6, 6.07) is 2.64. The molecule has 0 aliphatic carbocycles. The fraction of sp³-hybridized carbons (Fsp3) is 0.533. The van der Waals surface area contributed by atoms with E-state index in [1.54, 1.807) is 0 Å². The number of nitrogens with one attached hydrogen (secondary N) is 1. The first-order valence-corrected chi connectivity index (χ1v) is 9.33. The molecular weight excluding hydrogens is 352 g/mol. The summed E-state index contributed by atoms with van der Waals surface area (Å²) >= 11 is 0. The molecule has 0 radical (unpaired) electrons. The molecular formula is C15H23F2N5O2S. The molecule has 2 rings (SSSR count). The van der Waals surface area contributed by atoms with E-state index in [0.29, 0.717) is 13.0 Å². The number of rotatable bonds is 5. The number of hydrogen-bond donors (Lipinski definition) is 2. The third kappa shape index (κ3) is 4.86. The maximum atomic E-state index is 13.6. The second kappa shape index (κ2) is 8.07. The van der Waals surface area contributed by atoms with Gasteiger partial charge in [0, 0.05) is 32.7 Å². The van der Waals surface area contributed by atoms with Gasteiger partial charge in [-0.1, -0.05) is 6.42 Å². The molecule has 1 fully saturated rings. The SMILES string of the molecule is CN(C)S(=O)(=O)N1CCCCC1CN=C(N)Nc1cc(F)ccc1F. The van der Waals surface area contributed by atoms with Crippen molar-refractivity contribution in [1.82, 2.24) is 8.61 Å². The van der Waals surface area contributed by atoms with E-state index in [0.717, 1.165) is 31.0 Å². The van der Waals surface area contributed by atoms with Crippen LogP contribution < -0.4 is 11.1 Å². The van der Waals surface area contributed by atoms with E-state index in [9.17, 15) is 17.2 Å². The first-order valence-electron chi connectivity index (χ1n) is 7.93. The standard InChI is InChI=1S/C15H23F2N5O2S/c1-21(2)25(23,24)22-8-4-3-5-12(22)10-19-15(18)20-14-9-11(16)6-7-13(14)17/h6-7,9,12H,3-5,8,10H2,1-2H3,(H3,18,19,20). The highest BCUT2D eigenvalue weighted by molar-refractivity contribution is 7.86. The molecule has 1 aromatic carbocycles. The topological polar surface area (TPSA) is 91.0 Å². The number of hydrogen-bond acceptors (Lipinski definition) is 3. The van der Waals surface area contributed by atoms with Crippen molar-refractivity contribution in [3.8, 4) is 0 Å². The summed E-state index contributed by atoms with van der Waals surface area (Å²) in [6.45, 7) is 0.565. The first-order chi connectivity index (χ1) is 11.7. The predicted molar refractivity (Wildman–Crippen MR) is 93.4 cm³/mol. The normalized spacial score (nSPS) is 20.0. The lowest BCUT2D eigenvalue weighted by atomic mass is 10.1. The van der Waals surface area contributed by atoms with Gasteiger partial charge in [0.05, 0.1) is 12.2 Å². The molecule has 25 heavy (non-hydrogen) atoms. The monoisotopic (exact) mass is 375 g/mol. The fourth-order valence-electron chi connectivity index (χ4n) is 2.64. The molecule has 0 aromatic heterocycles.